The van der Waals surface area contributed by atoms with Gasteiger partial charge in [-0.3, -0.25) is 0 Å². The molecule has 1 heteroatoms. The minimum atomic E-state index is 0.184. The Balaban J connectivity index is 2.76. The molecular formula is C14H24O. The number of rotatable bonds is 3. The van der Waals surface area contributed by atoms with Gasteiger partial charge in [0.2, 0.25) is 0 Å². The summed E-state index contributed by atoms with van der Waals surface area (Å²) in [7, 11) is 0. The summed E-state index contributed by atoms with van der Waals surface area (Å²) in [5.74, 6) is 1.22. The highest BCUT2D eigenvalue weighted by Gasteiger charge is 2.37. The summed E-state index contributed by atoms with van der Waals surface area (Å²) < 4.78 is 0. The molecule has 0 fully saturated rings. The van der Waals surface area contributed by atoms with Gasteiger partial charge in [-0.2, -0.15) is 0 Å². The molecule has 1 aliphatic rings. The number of aliphatic hydroxyl groups excluding tert-OH is 1. The molecule has 0 heterocycles. The van der Waals surface area contributed by atoms with E-state index < -0.39 is 0 Å². The normalized spacial score (nSPS) is 27.7. The van der Waals surface area contributed by atoms with E-state index in [0.717, 1.165) is 5.57 Å². The summed E-state index contributed by atoms with van der Waals surface area (Å²) in [6.07, 6.45) is 5.76. The molecule has 0 radical (unpaired) electrons. The van der Waals surface area contributed by atoms with Crippen LogP contribution in [0.15, 0.2) is 23.3 Å². The lowest BCUT2D eigenvalue weighted by atomic mass is 9.71. The lowest BCUT2D eigenvalue weighted by Crippen LogP contribution is -2.25. The predicted molar refractivity (Wildman–Crippen MR) is 65.7 cm³/mol. The number of allylic oxidation sites excluding steroid dienone is 3. The summed E-state index contributed by atoms with van der Waals surface area (Å²) in [6.45, 7) is 11.3. The zero-order valence-corrected chi connectivity index (χ0v) is 10.7. The molecule has 1 rings (SSSR count). The highest BCUT2D eigenvalue weighted by Crippen LogP contribution is 2.47. The Bertz CT molecular complexity index is 284. The van der Waals surface area contributed by atoms with Crippen molar-refractivity contribution in [2.45, 2.75) is 41.0 Å². The first-order chi connectivity index (χ1) is 6.89. The zero-order valence-electron chi connectivity index (χ0n) is 10.7. The Labute approximate surface area is 93.9 Å². The van der Waals surface area contributed by atoms with Crippen LogP contribution in [0.3, 0.4) is 0 Å². The van der Waals surface area contributed by atoms with Crippen molar-refractivity contribution in [3.63, 3.8) is 0 Å². The lowest BCUT2D eigenvalue weighted by Gasteiger charge is -2.33. The minimum absolute atomic E-state index is 0.184. The Morgan fingerprint density at radius 1 is 1.67 bits per heavy atom. The molecule has 0 aromatic heterocycles. The van der Waals surface area contributed by atoms with Crippen LogP contribution in [0.4, 0.5) is 0 Å². The van der Waals surface area contributed by atoms with Crippen LogP contribution >= 0.6 is 0 Å². The third-order valence-electron chi connectivity index (χ3n) is 4.05. The van der Waals surface area contributed by atoms with E-state index in [0.29, 0.717) is 17.3 Å². The molecule has 2 atom stereocenters. The van der Waals surface area contributed by atoms with Crippen LogP contribution in [-0.2, 0) is 0 Å². The van der Waals surface area contributed by atoms with E-state index in [-0.39, 0.29) is 6.61 Å². The molecule has 0 bridgehead atoms. The fourth-order valence-corrected chi connectivity index (χ4v) is 2.64. The van der Waals surface area contributed by atoms with Crippen molar-refractivity contribution >= 4 is 0 Å². The molecule has 1 aliphatic carbocycles. The monoisotopic (exact) mass is 208 g/mol. The van der Waals surface area contributed by atoms with E-state index in [2.05, 4.69) is 39.8 Å². The number of aliphatic hydroxyl groups is 1. The second-order valence-electron chi connectivity index (χ2n) is 5.48. The molecule has 15 heavy (non-hydrogen) atoms. The van der Waals surface area contributed by atoms with Crippen LogP contribution < -0.4 is 0 Å². The highest BCUT2D eigenvalue weighted by atomic mass is 16.3. The summed E-state index contributed by atoms with van der Waals surface area (Å²) >= 11 is 0. The van der Waals surface area contributed by atoms with Gasteiger partial charge in [-0.05, 0) is 37.5 Å². The average Bonchev–Trinajstić information content (AvgIpc) is 2.41. The molecule has 86 valence electrons. The van der Waals surface area contributed by atoms with Crippen molar-refractivity contribution in [2.24, 2.45) is 17.3 Å². The largest absolute Gasteiger partial charge is 0.392 e. The molecule has 1 unspecified atom stereocenters. The van der Waals surface area contributed by atoms with Crippen molar-refractivity contribution < 1.29 is 5.11 Å². The first-order valence-corrected chi connectivity index (χ1v) is 5.85. The zero-order chi connectivity index (χ0) is 11.6. The number of hydrogen-bond donors (Lipinski definition) is 1. The fraction of sp³-hybridized carbons (Fsp3) is 0.714. The van der Waals surface area contributed by atoms with Gasteiger partial charge in [0, 0.05) is 0 Å². The second kappa shape index (κ2) is 4.52. The SMILES string of the molecule is CC1=CCC([C@H](C)/C=C(/C)CO)C1(C)C. The van der Waals surface area contributed by atoms with Gasteiger partial charge in [0.1, 0.15) is 0 Å². The molecule has 0 aromatic rings. The Morgan fingerprint density at radius 2 is 2.27 bits per heavy atom. The van der Waals surface area contributed by atoms with Gasteiger partial charge < -0.3 is 5.11 Å². The highest BCUT2D eigenvalue weighted by molar-refractivity contribution is 5.20. The lowest BCUT2D eigenvalue weighted by molar-refractivity contribution is 0.237. The molecule has 1 nitrogen and oxygen atoms in total. The maximum absolute atomic E-state index is 9.03. The van der Waals surface area contributed by atoms with Crippen LogP contribution in [0.2, 0.25) is 0 Å². The average molecular weight is 208 g/mol. The van der Waals surface area contributed by atoms with Gasteiger partial charge in [0.05, 0.1) is 6.61 Å². The van der Waals surface area contributed by atoms with Crippen molar-refractivity contribution in [1.82, 2.24) is 0 Å². The topological polar surface area (TPSA) is 20.2 Å². The van der Waals surface area contributed by atoms with E-state index in [1.807, 2.05) is 6.92 Å². The van der Waals surface area contributed by atoms with E-state index in [9.17, 15) is 0 Å². The molecule has 0 saturated carbocycles. The van der Waals surface area contributed by atoms with Crippen LogP contribution in [0.5, 0.6) is 0 Å². The summed E-state index contributed by atoms with van der Waals surface area (Å²) in [6, 6.07) is 0. The van der Waals surface area contributed by atoms with Gasteiger partial charge in [0.25, 0.3) is 0 Å². The van der Waals surface area contributed by atoms with Gasteiger partial charge in [-0.25, -0.2) is 0 Å². The van der Waals surface area contributed by atoms with Crippen LogP contribution in [0, 0.1) is 17.3 Å². The molecule has 0 amide bonds. The quantitative estimate of drug-likeness (QED) is 0.703. The third-order valence-corrected chi connectivity index (χ3v) is 4.05. The molecule has 0 aromatic carbocycles. The Morgan fingerprint density at radius 3 is 2.67 bits per heavy atom. The molecule has 0 saturated heterocycles. The second-order valence-corrected chi connectivity index (χ2v) is 5.48. The summed E-state index contributed by atoms with van der Waals surface area (Å²) in [5.41, 5.74) is 2.91. The van der Waals surface area contributed by atoms with Crippen LogP contribution in [-0.4, -0.2) is 11.7 Å². The maximum Gasteiger partial charge on any atom is 0.0639 e. The van der Waals surface area contributed by atoms with Crippen molar-refractivity contribution in [2.75, 3.05) is 6.61 Å². The molecular weight excluding hydrogens is 184 g/mol. The Hall–Kier alpha value is -0.560. The van der Waals surface area contributed by atoms with Crippen LogP contribution in [0.1, 0.15) is 41.0 Å². The maximum atomic E-state index is 9.03. The molecule has 0 spiro atoms. The van der Waals surface area contributed by atoms with Crippen LogP contribution in [0.25, 0.3) is 0 Å². The smallest absolute Gasteiger partial charge is 0.0639 e. The first-order valence-electron chi connectivity index (χ1n) is 5.85. The van der Waals surface area contributed by atoms with Gasteiger partial charge >= 0.3 is 0 Å². The van der Waals surface area contributed by atoms with Crippen molar-refractivity contribution in [3.05, 3.63) is 23.3 Å². The number of hydrogen-bond acceptors (Lipinski definition) is 1. The minimum Gasteiger partial charge on any atom is -0.392 e. The van der Waals surface area contributed by atoms with Crippen molar-refractivity contribution in [1.29, 1.82) is 0 Å². The predicted octanol–water partition coefficient (Wildman–Crippen LogP) is 3.55. The van der Waals surface area contributed by atoms with E-state index in [4.69, 9.17) is 5.11 Å². The standard InChI is InChI=1S/C14H24O/c1-10(9-15)8-11(2)13-7-6-12(3)14(13,4)5/h6,8,11,13,15H,7,9H2,1-5H3/b10-8-/t11-,13?/m1/s1. The fourth-order valence-electron chi connectivity index (χ4n) is 2.64. The van der Waals surface area contributed by atoms with E-state index in [1.54, 1.807) is 0 Å². The van der Waals surface area contributed by atoms with Gasteiger partial charge in [-0.15, -0.1) is 0 Å². The van der Waals surface area contributed by atoms with Gasteiger partial charge in [0.15, 0.2) is 0 Å². The Kier molecular flexibility index (Phi) is 3.77. The van der Waals surface area contributed by atoms with Gasteiger partial charge in [-0.1, -0.05) is 44.1 Å². The first kappa shape index (κ1) is 12.5. The summed E-state index contributed by atoms with van der Waals surface area (Å²) in [4.78, 5) is 0. The molecule has 0 aliphatic heterocycles. The van der Waals surface area contributed by atoms with E-state index >= 15 is 0 Å². The molecule has 1 N–H and O–H groups in total. The summed E-state index contributed by atoms with van der Waals surface area (Å²) in [5, 5.41) is 9.03. The van der Waals surface area contributed by atoms with Crippen molar-refractivity contribution in [3.8, 4) is 0 Å². The third kappa shape index (κ3) is 2.52. The van der Waals surface area contributed by atoms with E-state index in [1.165, 1.54) is 12.0 Å².